The maximum Gasteiger partial charge on any atom is 0.0651 e. The van der Waals surface area contributed by atoms with Gasteiger partial charge >= 0.3 is 0 Å². The van der Waals surface area contributed by atoms with Crippen molar-refractivity contribution in [2.24, 2.45) is 5.73 Å². The molecule has 0 fully saturated rings. The minimum Gasteiger partial charge on any atom is -0.324 e. The number of thioether (sulfide) groups is 1. The predicted molar refractivity (Wildman–Crippen MR) is 58.7 cm³/mol. The Labute approximate surface area is 91.6 Å². The Morgan fingerprint density at radius 3 is 2.92 bits per heavy atom. The number of rotatable bonds is 0. The normalized spacial score (nSPS) is 21.3. The van der Waals surface area contributed by atoms with Gasteiger partial charge in [-0.1, -0.05) is 23.2 Å². The smallest absolute Gasteiger partial charge is 0.0651 e. The Bertz CT molecular complexity index is 341. The zero-order chi connectivity index (χ0) is 9.42. The number of benzene rings is 1. The molecule has 0 saturated heterocycles. The first kappa shape index (κ1) is 9.66. The average molecular weight is 234 g/mol. The van der Waals surface area contributed by atoms with Crippen molar-refractivity contribution in [2.45, 2.75) is 17.4 Å². The molecule has 0 amide bonds. The first-order chi connectivity index (χ1) is 6.20. The Hall–Kier alpha value is 0.110. The van der Waals surface area contributed by atoms with Crippen LogP contribution < -0.4 is 5.73 Å². The van der Waals surface area contributed by atoms with Crippen LogP contribution in [0.1, 0.15) is 18.0 Å². The lowest BCUT2D eigenvalue weighted by atomic mass is 10.0. The molecule has 0 bridgehead atoms. The van der Waals surface area contributed by atoms with Crippen LogP contribution in [0.4, 0.5) is 0 Å². The highest BCUT2D eigenvalue weighted by molar-refractivity contribution is 7.99. The second kappa shape index (κ2) is 3.70. The van der Waals surface area contributed by atoms with Gasteiger partial charge in [0.15, 0.2) is 0 Å². The van der Waals surface area contributed by atoms with E-state index in [-0.39, 0.29) is 6.04 Å². The van der Waals surface area contributed by atoms with E-state index < -0.39 is 0 Å². The molecule has 1 atom stereocenters. The Morgan fingerprint density at radius 2 is 2.15 bits per heavy atom. The third-order valence-electron chi connectivity index (χ3n) is 2.15. The molecule has 2 rings (SSSR count). The molecule has 1 nitrogen and oxygen atoms in total. The number of nitrogens with two attached hydrogens (primary N) is 1. The molecule has 1 aliphatic heterocycles. The van der Waals surface area contributed by atoms with Gasteiger partial charge in [0.2, 0.25) is 0 Å². The van der Waals surface area contributed by atoms with Gasteiger partial charge in [0.1, 0.15) is 0 Å². The van der Waals surface area contributed by atoms with Crippen molar-refractivity contribution >= 4 is 35.0 Å². The van der Waals surface area contributed by atoms with Gasteiger partial charge in [0, 0.05) is 16.5 Å². The molecule has 1 aromatic carbocycles. The fraction of sp³-hybridized carbons (Fsp3) is 0.333. The van der Waals surface area contributed by atoms with E-state index in [9.17, 15) is 0 Å². The Balaban J connectivity index is 2.58. The van der Waals surface area contributed by atoms with Gasteiger partial charge in [0.25, 0.3) is 0 Å². The minimum atomic E-state index is 0.0439. The second-order valence-electron chi connectivity index (χ2n) is 3.02. The van der Waals surface area contributed by atoms with Gasteiger partial charge in [-0.3, -0.25) is 0 Å². The zero-order valence-corrected chi connectivity index (χ0v) is 9.22. The lowest BCUT2D eigenvalue weighted by Gasteiger charge is -2.23. The summed E-state index contributed by atoms with van der Waals surface area (Å²) in [7, 11) is 0. The van der Waals surface area contributed by atoms with Crippen LogP contribution in [0.3, 0.4) is 0 Å². The average Bonchev–Trinajstić information content (AvgIpc) is 2.12. The van der Waals surface area contributed by atoms with Crippen LogP contribution in [0.15, 0.2) is 17.0 Å². The Kier molecular flexibility index (Phi) is 2.75. The lowest BCUT2D eigenvalue weighted by molar-refractivity contribution is 0.681. The summed E-state index contributed by atoms with van der Waals surface area (Å²) in [5, 5.41) is 1.22. The van der Waals surface area contributed by atoms with E-state index in [2.05, 4.69) is 0 Å². The van der Waals surface area contributed by atoms with Crippen LogP contribution in [-0.2, 0) is 0 Å². The van der Waals surface area contributed by atoms with Crippen molar-refractivity contribution in [3.05, 3.63) is 27.7 Å². The van der Waals surface area contributed by atoms with Crippen molar-refractivity contribution in [1.82, 2.24) is 0 Å². The van der Waals surface area contributed by atoms with Crippen LogP contribution in [-0.4, -0.2) is 5.75 Å². The maximum atomic E-state index is 6.08. The molecule has 1 heterocycles. The van der Waals surface area contributed by atoms with E-state index >= 15 is 0 Å². The number of hydrogen-bond acceptors (Lipinski definition) is 2. The van der Waals surface area contributed by atoms with E-state index in [1.165, 1.54) is 4.90 Å². The summed E-state index contributed by atoms with van der Waals surface area (Å²) in [4.78, 5) is 1.17. The molecular weight excluding hydrogens is 225 g/mol. The fourth-order valence-electron chi connectivity index (χ4n) is 1.46. The summed E-state index contributed by atoms with van der Waals surface area (Å²) >= 11 is 13.8. The first-order valence-corrected chi connectivity index (χ1v) is 5.80. The van der Waals surface area contributed by atoms with Crippen LogP contribution in [0.5, 0.6) is 0 Å². The maximum absolute atomic E-state index is 6.08. The van der Waals surface area contributed by atoms with Crippen LogP contribution in [0, 0.1) is 0 Å². The predicted octanol–water partition coefficient (Wildman–Crippen LogP) is 3.49. The monoisotopic (exact) mass is 233 g/mol. The molecule has 0 aliphatic carbocycles. The van der Waals surface area contributed by atoms with Crippen LogP contribution >= 0.6 is 35.0 Å². The summed E-state index contributed by atoms with van der Waals surface area (Å²) < 4.78 is 0. The van der Waals surface area contributed by atoms with Crippen LogP contribution in [0.25, 0.3) is 0 Å². The summed E-state index contributed by atoms with van der Waals surface area (Å²) in [6, 6.07) is 3.86. The standard InChI is InChI=1S/C9H9Cl2NS/c10-5-1-2-7-8(9(5)11)6(12)3-4-13-7/h1-2,6H,3-4,12H2/t6-/m1/s1. The summed E-state index contributed by atoms with van der Waals surface area (Å²) in [5.41, 5.74) is 6.98. The highest BCUT2D eigenvalue weighted by Gasteiger charge is 2.21. The quantitative estimate of drug-likeness (QED) is 0.743. The lowest BCUT2D eigenvalue weighted by Crippen LogP contribution is -2.16. The van der Waals surface area contributed by atoms with E-state index in [1.807, 2.05) is 12.1 Å². The number of hydrogen-bond donors (Lipinski definition) is 1. The van der Waals surface area contributed by atoms with Gasteiger partial charge < -0.3 is 5.73 Å². The van der Waals surface area contributed by atoms with Crippen molar-refractivity contribution in [2.75, 3.05) is 5.75 Å². The van der Waals surface area contributed by atoms with Crippen molar-refractivity contribution in [1.29, 1.82) is 0 Å². The highest BCUT2D eigenvalue weighted by Crippen LogP contribution is 2.41. The third kappa shape index (κ3) is 1.68. The second-order valence-corrected chi connectivity index (χ2v) is 4.94. The zero-order valence-electron chi connectivity index (χ0n) is 6.89. The molecule has 2 N–H and O–H groups in total. The minimum absolute atomic E-state index is 0.0439. The molecule has 1 aliphatic rings. The Morgan fingerprint density at radius 1 is 1.38 bits per heavy atom. The van der Waals surface area contributed by atoms with Gasteiger partial charge in [-0.05, 0) is 24.3 Å². The summed E-state index contributed by atoms with van der Waals surface area (Å²) in [5.74, 6) is 1.06. The van der Waals surface area contributed by atoms with E-state index in [0.717, 1.165) is 17.7 Å². The summed E-state index contributed by atoms with van der Waals surface area (Å²) in [6.45, 7) is 0. The van der Waals surface area contributed by atoms with E-state index in [0.29, 0.717) is 10.0 Å². The molecule has 13 heavy (non-hydrogen) atoms. The molecule has 70 valence electrons. The molecule has 4 heteroatoms. The van der Waals surface area contributed by atoms with Gasteiger partial charge in [-0.25, -0.2) is 0 Å². The molecule has 0 aromatic heterocycles. The van der Waals surface area contributed by atoms with Crippen molar-refractivity contribution in [3.8, 4) is 0 Å². The molecule has 1 aromatic rings. The topological polar surface area (TPSA) is 26.0 Å². The summed E-state index contributed by atoms with van der Waals surface area (Å²) in [6.07, 6.45) is 0.970. The van der Waals surface area contributed by atoms with Crippen molar-refractivity contribution < 1.29 is 0 Å². The molecular formula is C9H9Cl2NS. The molecule has 0 saturated carbocycles. The van der Waals surface area contributed by atoms with Gasteiger partial charge in [-0.15, -0.1) is 11.8 Å². The highest BCUT2D eigenvalue weighted by atomic mass is 35.5. The van der Waals surface area contributed by atoms with Crippen molar-refractivity contribution in [3.63, 3.8) is 0 Å². The largest absolute Gasteiger partial charge is 0.324 e. The van der Waals surface area contributed by atoms with Gasteiger partial charge in [-0.2, -0.15) is 0 Å². The molecule has 0 unspecified atom stereocenters. The SMILES string of the molecule is N[C@@H]1CCSc2ccc(Cl)c(Cl)c21. The van der Waals surface area contributed by atoms with E-state index in [4.69, 9.17) is 28.9 Å². The van der Waals surface area contributed by atoms with E-state index in [1.54, 1.807) is 11.8 Å². The van der Waals surface area contributed by atoms with Crippen LogP contribution in [0.2, 0.25) is 10.0 Å². The number of halogens is 2. The fourth-order valence-corrected chi connectivity index (χ4v) is 3.15. The van der Waals surface area contributed by atoms with Gasteiger partial charge in [0.05, 0.1) is 10.0 Å². The molecule has 0 spiro atoms. The number of fused-ring (bicyclic) bond motifs is 1. The third-order valence-corrected chi connectivity index (χ3v) is 4.08. The first-order valence-electron chi connectivity index (χ1n) is 4.06. The molecule has 0 radical (unpaired) electrons.